The van der Waals surface area contributed by atoms with Gasteiger partial charge in [-0.05, 0) is 24.3 Å². The van der Waals surface area contributed by atoms with Gasteiger partial charge in [0, 0.05) is 16.7 Å². The van der Waals surface area contributed by atoms with Crippen LogP contribution in [0.4, 0.5) is 18.9 Å². The normalized spacial score (nSPS) is 12.9. The predicted molar refractivity (Wildman–Crippen MR) is 57.8 cm³/mol. The quantitative estimate of drug-likeness (QED) is 0.925. The highest BCUT2D eigenvalue weighted by Gasteiger charge is 2.39. The minimum atomic E-state index is -4.49. The maximum absolute atomic E-state index is 12.2. The molecule has 0 aliphatic carbocycles. The molecule has 1 N–H and O–H groups in total. The molecule has 0 fully saturated rings. The van der Waals surface area contributed by atoms with E-state index in [-0.39, 0.29) is 0 Å². The molecule has 0 amide bonds. The predicted octanol–water partition coefficient (Wildman–Crippen LogP) is 3.56. The summed E-state index contributed by atoms with van der Waals surface area (Å²) in [5, 5.41) is 10.9. The highest BCUT2D eigenvalue weighted by molar-refractivity contribution is 9.10. The van der Waals surface area contributed by atoms with E-state index in [9.17, 15) is 13.2 Å². The first-order valence-electron chi connectivity index (χ1n) is 4.39. The number of halogens is 4. The largest absolute Gasteiger partial charge is 0.406 e. The zero-order valence-corrected chi connectivity index (χ0v) is 9.64. The Balaban J connectivity index is 2.57. The molecule has 1 aromatic carbocycles. The van der Waals surface area contributed by atoms with E-state index < -0.39 is 18.6 Å². The van der Waals surface area contributed by atoms with Gasteiger partial charge in [-0.2, -0.15) is 18.4 Å². The van der Waals surface area contributed by atoms with Gasteiger partial charge in [-0.25, -0.2) is 0 Å². The van der Waals surface area contributed by atoms with Crippen LogP contribution in [0.3, 0.4) is 0 Å². The van der Waals surface area contributed by atoms with Gasteiger partial charge in [0.05, 0.1) is 6.07 Å². The van der Waals surface area contributed by atoms with Crippen LogP contribution in [-0.4, -0.2) is 12.7 Å². The second-order valence-corrected chi connectivity index (χ2v) is 4.03. The summed E-state index contributed by atoms with van der Waals surface area (Å²) in [5.41, 5.74) is 0.549. The van der Waals surface area contributed by atoms with Gasteiger partial charge in [0.1, 0.15) is 0 Å². The maximum Gasteiger partial charge on any atom is 0.406 e. The Morgan fingerprint density at radius 3 is 2.31 bits per heavy atom. The Hall–Kier alpha value is -1.22. The molecular weight excluding hydrogens is 285 g/mol. The third-order valence-electron chi connectivity index (χ3n) is 1.91. The summed E-state index contributed by atoms with van der Waals surface area (Å²) in [7, 11) is 0. The van der Waals surface area contributed by atoms with Crippen LogP contribution < -0.4 is 5.32 Å². The molecule has 0 aromatic heterocycles. The zero-order valence-electron chi connectivity index (χ0n) is 8.05. The molecule has 0 heterocycles. The lowest BCUT2D eigenvalue weighted by Gasteiger charge is -2.14. The summed E-state index contributed by atoms with van der Waals surface area (Å²) in [4.78, 5) is 0. The molecule has 0 aliphatic rings. The Kier molecular flexibility index (Phi) is 4.19. The molecule has 1 atom stereocenters. The van der Waals surface area contributed by atoms with E-state index in [2.05, 4.69) is 21.2 Å². The lowest BCUT2D eigenvalue weighted by atomic mass is 10.1. The second-order valence-electron chi connectivity index (χ2n) is 3.11. The molecule has 1 unspecified atom stereocenters. The number of rotatable bonds is 3. The van der Waals surface area contributed by atoms with Crippen molar-refractivity contribution in [3.05, 3.63) is 28.7 Å². The Morgan fingerprint density at radius 2 is 1.88 bits per heavy atom. The smallest absolute Gasteiger partial charge is 0.383 e. The van der Waals surface area contributed by atoms with Crippen molar-refractivity contribution in [2.24, 2.45) is 5.92 Å². The number of nitrogens with zero attached hydrogens (tertiary/aromatic N) is 1. The van der Waals surface area contributed by atoms with Crippen LogP contribution in [-0.2, 0) is 0 Å². The van der Waals surface area contributed by atoms with Crippen LogP contribution >= 0.6 is 15.9 Å². The van der Waals surface area contributed by atoms with Crippen molar-refractivity contribution < 1.29 is 13.2 Å². The number of alkyl halides is 3. The lowest BCUT2D eigenvalue weighted by molar-refractivity contribution is -0.155. The van der Waals surface area contributed by atoms with E-state index in [1.807, 2.05) is 0 Å². The number of hydrogen-bond donors (Lipinski definition) is 1. The fraction of sp³-hybridized carbons (Fsp3) is 0.300. The van der Waals surface area contributed by atoms with Crippen molar-refractivity contribution in [1.82, 2.24) is 0 Å². The molecule has 0 saturated carbocycles. The van der Waals surface area contributed by atoms with Crippen molar-refractivity contribution in [3.8, 4) is 6.07 Å². The number of nitrogens with one attached hydrogen (secondary N) is 1. The Labute approximate surface area is 99.2 Å². The summed E-state index contributed by atoms with van der Waals surface area (Å²) in [6.45, 7) is -0.443. The number of nitriles is 1. The average Bonchev–Trinajstić information content (AvgIpc) is 2.19. The average molecular weight is 293 g/mol. The van der Waals surface area contributed by atoms with Crippen LogP contribution in [0.2, 0.25) is 0 Å². The van der Waals surface area contributed by atoms with Crippen LogP contribution in [0.25, 0.3) is 0 Å². The molecule has 0 spiro atoms. The minimum Gasteiger partial charge on any atom is -0.383 e. The van der Waals surface area contributed by atoms with Crippen molar-refractivity contribution in [2.45, 2.75) is 6.18 Å². The van der Waals surface area contributed by atoms with E-state index in [4.69, 9.17) is 5.26 Å². The number of anilines is 1. The number of hydrogen-bond acceptors (Lipinski definition) is 2. The molecule has 0 aliphatic heterocycles. The van der Waals surface area contributed by atoms with Gasteiger partial charge in [0.15, 0.2) is 5.92 Å². The fourth-order valence-corrected chi connectivity index (χ4v) is 1.29. The van der Waals surface area contributed by atoms with E-state index >= 15 is 0 Å². The van der Waals surface area contributed by atoms with Crippen LogP contribution in [0, 0.1) is 17.2 Å². The lowest BCUT2D eigenvalue weighted by Crippen LogP contribution is -2.28. The van der Waals surface area contributed by atoms with Crippen LogP contribution in [0.15, 0.2) is 28.7 Å². The second kappa shape index (κ2) is 5.21. The van der Waals surface area contributed by atoms with Gasteiger partial charge in [0.25, 0.3) is 0 Å². The van der Waals surface area contributed by atoms with Crippen LogP contribution in [0.1, 0.15) is 0 Å². The SMILES string of the molecule is N#CC(CNc1ccc(Br)cc1)C(F)(F)F. The van der Waals surface area contributed by atoms with Gasteiger partial charge < -0.3 is 5.32 Å². The van der Waals surface area contributed by atoms with Crippen molar-refractivity contribution >= 4 is 21.6 Å². The van der Waals surface area contributed by atoms with Crippen LogP contribution in [0.5, 0.6) is 0 Å². The van der Waals surface area contributed by atoms with Gasteiger partial charge in [0.2, 0.25) is 0 Å². The first-order chi connectivity index (χ1) is 7.43. The van der Waals surface area contributed by atoms with Crippen molar-refractivity contribution in [2.75, 3.05) is 11.9 Å². The standard InChI is InChI=1S/C10H8BrF3N2/c11-8-1-3-9(4-2-8)16-6-7(5-15)10(12,13)14/h1-4,7,16H,6H2. The van der Waals surface area contributed by atoms with E-state index in [0.717, 1.165) is 4.47 Å². The first-order valence-corrected chi connectivity index (χ1v) is 5.18. The summed E-state index contributed by atoms with van der Waals surface area (Å²) in [6, 6.07) is 7.91. The number of benzene rings is 1. The highest BCUT2D eigenvalue weighted by atomic mass is 79.9. The molecule has 6 heteroatoms. The molecule has 0 radical (unpaired) electrons. The van der Waals surface area contributed by atoms with Gasteiger partial charge in [-0.1, -0.05) is 15.9 Å². The van der Waals surface area contributed by atoms with Gasteiger partial charge >= 0.3 is 6.18 Å². The van der Waals surface area contributed by atoms with Crippen molar-refractivity contribution in [1.29, 1.82) is 5.26 Å². The van der Waals surface area contributed by atoms with Gasteiger partial charge in [-0.15, -0.1) is 0 Å². The topological polar surface area (TPSA) is 35.8 Å². The Morgan fingerprint density at radius 1 is 1.31 bits per heavy atom. The minimum absolute atomic E-state index is 0.443. The fourth-order valence-electron chi connectivity index (χ4n) is 1.02. The molecule has 1 aromatic rings. The van der Waals surface area contributed by atoms with E-state index in [0.29, 0.717) is 5.69 Å². The maximum atomic E-state index is 12.2. The summed E-state index contributed by atoms with van der Waals surface area (Å²) in [6.07, 6.45) is -4.49. The Bertz CT molecular complexity index is 381. The first kappa shape index (κ1) is 12.8. The summed E-state index contributed by atoms with van der Waals surface area (Å²) >= 11 is 3.21. The molecule has 86 valence electrons. The summed E-state index contributed by atoms with van der Waals surface area (Å²) in [5.74, 6) is -1.99. The molecule has 0 saturated heterocycles. The highest BCUT2D eigenvalue weighted by Crippen LogP contribution is 2.26. The molecule has 1 rings (SSSR count). The third-order valence-corrected chi connectivity index (χ3v) is 2.43. The molecule has 0 bridgehead atoms. The molecule has 2 nitrogen and oxygen atoms in total. The monoisotopic (exact) mass is 292 g/mol. The molecule has 16 heavy (non-hydrogen) atoms. The van der Waals surface area contributed by atoms with Crippen molar-refractivity contribution in [3.63, 3.8) is 0 Å². The zero-order chi connectivity index (χ0) is 12.2. The van der Waals surface area contributed by atoms with E-state index in [1.54, 1.807) is 24.3 Å². The third kappa shape index (κ3) is 3.74. The van der Waals surface area contributed by atoms with E-state index in [1.165, 1.54) is 6.07 Å². The van der Waals surface area contributed by atoms with Gasteiger partial charge in [-0.3, -0.25) is 0 Å². The molecular formula is C10H8BrF3N2. The summed E-state index contributed by atoms with van der Waals surface area (Å²) < 4.78 is 37.5.